The van der Waals surface area contributed by atoms with Crippen molar-refractivity contribution in [2.75, 3.05) is 24.2 Å². The lowest BCUT2D eigenvalue weighted by Gasteiger charge is -2.17. The van der Waals surface area contributed by atoms with Gasteiger partial charge in [-0.15, -0.1) is 0 Å². The quantitative estimate of drug-likeness (QED) is 0.699. The Morgan fingerprint density at radius 3 is 2.25 bits per heavy atom. The molecule has 0 amide bonds. The van der Waals surface area contributed by atoms with E-state index >= 15 is 0 Å². The van der Waals surface area contributed by atoms with Crippen molar-refractivity contribution in [1.82, 2.24) is 9.97 Å². The predicted octanol–water partition coefficient (Wildman–Crippen LogP) is 3.73. The van der Waals surface area contributed by atoms with Gasteiger partial charge in [0, 0.05) is 24.8 Å². The summed E-state index contributed by atoms with van der Waals surface area (Å²) < 4.78 is 0. The number of rotatable bonds is 9. The number of nitrogen functional groups attached to an aromatic ring is 1. The molecule has 1 heterocycles. The van der Waals surface area contributed by atoms with Gasteiger partial charge in [-0.25, -0.2) is 4.98 Å². The van der Waals surface area contributed by atoms with Gasteiger partial charge in [0.2, 0.25) is 5.95 Å². The minimum absolute atomic E-state index is 0.654. The molecule has 0 aliphatic carbocycles. The number of unbranched alkanes of at least 4 members (excludes halogenated alkanes) is 5. The van der Waals surface area contributed by atoms with Crippen LogP contribution in [0, 0.1) is 6.92 Å². The molecule has 0 atom stereocenters. The summed E-state index contributed by atoms with van der Waals surface area (Å²) in [6.07, 6.45) is 8.77. The molecule has 0 saturated carbocycles. The van der Waals surface area contributed by atoms with Crippen molar-refractivity contribution in [2.45, 2.75) is 65.7 Å². The maximum absolute atomic E-state index is 6.10. The zero-order valence-corrected chi connectivity index (χ0v) is 13.6. The minimum Gasteiger partial charge on any atom is -0.383 e. The van der Waals surface area contributed by atoms with E-state index in [0.717, 1.165) is 30.2 Å². The Labute approximate surface area is 123 Å². The first-order valence-electron chi connectivity index (χ1n) is 7.94. The van der Waals surface area contributed by atoms with Crippen LogP contribution in [0.25, 0.3) is 0 Å². The van der Waals surface area contributed by atoms with Crippen molar-refractivity contribution in [3.8, 4) is 0 Å². The van der Waals surface area contributed by atoms with E-state index in [1.54, 1.807) is 0 Å². The van der Waals surface area contributed by atoms with E-state index in [-0.39, 0.29) is 0 Å². The molecule has 0 spiro atoms. The molecule has 0 unspecified atom stereocenters. The van der Waals surface area contributed by atoms with Crippen molar-refractivity contribution in [3.05, 3.63) is 11.3 Å². The molecule has 4 heteroatoms. The summed E-state index contributed by atoms with van der Waals surface area (Å²) in [5.74, 6) is 1.38. The van der Waals surface area contributed by atoms with E-state index in [0.29, 0.717) is 5.82 Å². The molecular weight excluding hydrogens is 248 g/mol. The van der Waals surface area contributed by atoms with Crippen molar-refractivity contribution in [2.24, 2.45) is 0 Å². The number of aryl methyl sites for hydroxylation is 1. The van der Waals surface area contributed by atoms with Crippen LogP contribution in [0.15, 0.2) is 0 Å². The van der Waals surface area contributed by atoms with E-state index in [2.05, 4.69) is 23.8 Å². The molecule has 0 radical (unpaired) electrons. The zero-order valence-electron chi connectivity index (χ0n) is 13.6. The number of nitrogens with zero attached hydrogens (tertiary/aromatic N) is 3. The summed E-state index contributed by atoms with van der Waals surface area (Å²) in [4.78, 5) is 11.0. The highest BCUT2D eigenvalue weighted by Gasteiger charge is 2.11. The first-order valence-corrected chi connectivity index (χ1v) is 7.94. The number of nitrogens with two attached hydrogens (primary N) is 1. The second kappa shape index (κ2) is 8.77. The fourth-order valence-electron chi connectivity index (χ4n) is 2.31. The largest absolute Gasteiger partial charge is 0.383 e. The van der Waals surface area contributed by atoms with Crippen LogP contribution >= 0.6 is 0 Å². The van der Waals surface area contributed by atoms with Crippen molar-refractivity contribution >= 4 is 11.8 Å². The van der Waals surface area contributed by atoms with E-state index in [4.69, 9.17) is 5.73 Å². The van der Waals surface area contributed by atoms with Gasteiger partial charge in [-0.1, -0.05) is 39.0 Å². The number of hydrogen-bond donors (Lipinski definition) is 1. The summed E-state index contributed by atoms with van der Waals surface area (Å²) in [5, 5.41) is 0. The van der Waals surface area contributed by atoms with Gasteiger partial charge in [-0.2, -0.15) is 4.98 Å². The molecule has 1 aromatic rings. The SMILES string of the molecule is CCCCCCCCc1c(C)nc(N(C)CC)nc1N. The number of anilines is 2. The fourth-order valence-corrected chi connectivity index (χ4v) is 2.31. The Morgan fingerprint density at radius 1 is 1.00 bits per heavy atom. The van der Waals surface area contributed by atoms with Crippen LogP contribution in [0.3, 0.4) is 0 Å². The average molecular weight is 278 g/mol. The molecule has 1 rings (SSSR count). The first kappa shape index (κ1) is 16.7. The van der Waals surface area contributed by atoms with Crippen molar-refractivity contribution < 1.29 is 0 Å². The number of hydrogen-bond acceptors (Lipinski definition) is 4. The van der Waals surface area contributed by atoms with Crippen LogP contribution in [-0.4, -0.2) is 23.6 Å². The molecule has 0 bridgehead atoms. The molecule has 0 fully saturated rings. The Morgan fingerprint density at radius 2 is 1.65 bits per heavy atom. The van der Waals surface area contributed by atoms with Crippen LogP contribution in [-0.2, 0) is 6.42 Å². The first-order chi connectivity index (χ1) is 9.60. The third-order valence-electron chi connectivity index (χ3n) is 3.83. The van der Waals surface area contributed by atoms with Gasteiger partial charge < -0.3 is 10.6 Å². The Bertz CT molecular complexity index is 380. The predicted molar refractivity (Wildman–Crippen MR) is 87.2 cm³/mol. The average Bonchev–Trinajstić information content (AvgIpc) is 2.43. The van der Waals surface area contributed by atoms with Gasteiger partial charge in [0.05, 0.1) is 0 Å². The fraction of sp³-hybridized carbons (Fsp3) is 0.750. The van der Waals surface area contributed by atoms with E-state index in [9.17, 15) is 0 Å². The van der Waals surface area contributed by atoms with E-state index in [1.165, 1.54) is 38.5 Å². The summed E-state index contributed by atoms with van der Waals surface area (Å²) in [6.45, 7) is 7.25. The second-order valence-corrected chi connectivity index (χ2v) is 5.50. The van der Waals surface area contributed by atoms with Gasteiger partial charge in [-0.05, 0) is 26.7 Å². The van der Waals surface area contributed by atoms with Gasteiger partial charge >= 0.3 is 0 Å². The highest BCUT2D eigenvalue weighted by Crippen LogP contribution is 2.20. The molecular formula is C16H30N4. The molecule has 20 heavy (non-hydrogen) atoms. The molecule has 1 aromatic heterocycles. The number of aromatic nitrogens is 2. The Balaban J connectivity index is 2.54. The maximum Gasteiger partial charge on any atom is 0.227 e. The van der Waals surface area contributed by atoms with E-state index < -0.39 is 0 Å². The standard InChI is InChI=1S/C16H30N4/c1-5-7-8-9-10-11-12-14-13(3)18-16(19-15(14)17)20(4)6-2/h5-12H2,1-4H3,(H2,17,18,19). The molecule has 0 aliphatic rings. The van der Waals surface area contributed by atoms with Gasteiger partial charge in [0.15, 0.2) is 0 Å². The van der Waals surface area contributed by atoms with Crippen LogP contribution < -0.4 is 10.6 Å². The van der Waals surface area contributed by atoms with Crippen LogP contribution in [0.5, 0.6) is 0 Å². The minimum atomic E-state index is 0.654. The molecule has 4 nitrogen and oxygen atoms in total. The van der Waals surface area contributed by atoms with Crippen LogP contribution in [0.2, 0.25) is 0 Å². The smallest absolute Gasteiger partial charge is 0.227 e. The third-order valence-corrected chi connectivity index (χ3v) is 3.83. The van der Waals surface area contributed by atoms with Gasteiger partial charge in [0.25, 0.3) is 0 Å². The van der Waals surface area contributed by atoms with E-state index in [1.807, 2.05) is 18.9 Å². The maximum atomic E-state index is 6.10. The summed E-state index contributed by atoms with van der Waals surface area (Å²) in [7, 11) is 1.99. The van der Waals surface area contributed by atoms with Gasteiger partial charge in [-0.3, -0.25) is 0 Å². The highest BCUT2D eigenvalue weighted by atomic mass is 15.2. The molecule has 2 N–H and O–H groups in total. The lowest BCUT2D eigenvalue weighted by Crippen LogP contribution is -2.20. The molecule has 0 aromatic carbocycles. The van der Waals surface area contributed by atoms with Crippen molar-refractivity contribution in [3.63, 3.8) is 0 Å². The molecule has 0 aliphatic heterocycles. The summed E-state index contributed by atoms with van der Waals surface area (Å²) in [6, 6.07) is 0. The lowest BCUT2D eigenvalue weighted by molar-refractivity contribution is 0.606. The Kier molecular flexibility index (Phi) is 7.34. The summed E-state index contributed by atoms with van der Waals surface area (Å²) >= 11 is 0. The van der Waals surface area contributed by atoms with Crippen LogP contribution in [0.4, 0.5) is 11.8 Å². The monoisotopic (exact) mass is 278 g/mol. The highest BCUT2D eigenvalue weighted by molar-refractivity contribution is 5.47. The zero-order chi connectivity index (χ0) is 15.0. The van der Waals surface area contributed by atoms with Gasteiger partial charge in [0.1, 0.15) is 5.82 Å². The van der Waals surface area contributed by atoms with Crippen molar-refractivity contribution in [1.29, 1.82) is 0 Å². The van der Waals surface area contributed by atoms with Crippen LogP contribution in [0.1, 0.15) is 63.6 Å². The Hall–Kier alpha value is -1.32. The summed E-state index contributed by atoms with van der Waals surface area (Å²) in [5.41, 5.74) is 8.26. The molecule has 0 saturated heterocycles. The third kappa shape index (κ3) is 4.99. The topological polar surface area (TPSA) is 55.0 Å². The molecule has 114 valence electrons. The lowest BCUT2D eigenvalue weighted by atomic mass is 10.0. The normalized spacial score (nSPS) is 10.8. The second-order valence-electron chi connectivity index (χ2n) is 5.50.